The standard InChI is InChI=1S/C13H11Cl2NO/c14-11-4-1-5-12(15)10(11)7-13(17)9-3-2-6-16-8-9/h1-6,8,13,17H,7H2. The van der Waals surface area contributed by atoms with Crippen molar-refractivity contribution in [3.8, 4) is 0 Å². The van der Waals surface area contributed by atoms with Crippen LogP contribution in [0.25, 0.3) is 0 Å². The van der Waals surface area contributed by atoms with Gasteiger partial charge in [0.2, 0.25) is 0 Å². The predicted molar refractivity (Wildman–Crippen MR) is 69.4 cm³/mol. The third-order valence-electron chi connectivity index (χ3n) is 2.53. The van der Waals surface area contributed by atoms with Gasteiger partial charge in [-0.15, -0.1) is 0 Å². The second-order valence-corrected chi connectivity index (χ2v) is 4.52. The second kappa shape index (κ2) is 5.50. The number of aliphatic hydroxyl groups is 1. The first-order valence-corrected chi connectivity index (χ1v) is 5.95. The average molecular weight is 268 g/mol. The summed E-state index contributed by atoms with van der Waals surface area (Å²) >= 11 is 12.1. The molecule has 0 radical (unpaired) electrons. The van der Waals surface area contributed by atoms with Crippen LogP contribution in [0.4, 0.5) is 0 Å². The van der Waals surface area contributed by atoms with Gasteiger partial charge in [0.15, 0.2) is 0 Å². The van der Waals surface area contributed by atoms with Gasteiger partial charge in [-0.2, -0.15) is 0 Å². The maximum atomic E-state index is 10.1. The van der Waals surface area contributed by atoms with Gasteiger partial charge in [0, 0.05) is 28.9 Å². The first-order valence-electron chi connectivity index (χ1n) is 5.19. The summed E-state index contributed by atoms with van der Waals surface area (Å²) in [5.74, 6) is 0. The smallest absolute Gasteiger partial charge is 0.0846 e. The number of hydrogen-bond acceptors (Lipinski definition) is 2. The first-order chi connectivity index (χ1) is 8.18. The molecule has 0 aliphatic carbocycles. The Hall–Kier alpha value is -1.09. The van der Waals surface area contributed by atoms with Crippen molar-refractivity contribution in [3.63, 3.8) is 0 Å². The lowest BCUT2D eigenvalue weighted by Crippen LogP contribution is -2.03. The Labute approximate surface area is 110 Å². The normalized spacial score (nSPS) is 12.4. The summed E-state index contributed by atoms with van der Waals surface area (Å²) in [6.45, 7) is 0. The summed E-state index contributed by atoms with van der Waals surface area (Å²) in [6, 6.07) is 8.91. The molecule has 0 aliphatic heterocycles. The highest BCUT2D eigenvalue weighted by Crippen LogP contribution is 2.28. The molecule has 2 nitrogen and oxygen atoms in total. The molecule has 2 rings (SSSR count). The van der Waals surface area contributed by atoms with E-state index < -0.39 is 6.10 Å². The third kappa shape index (κ3) is 2.97. The van der Waals surface area contributed by atoms with Gasteiger partial charge in [-0.3, -0.25) is 4.98 Å². The van der Waals surface area contributed by atoms with Gasteiger partial charge >= 0.3 is 0 Å². The zero-order valence-corrected chi connectivity index (χ0v) is 10.5. The van der Waals surface area contributed by atoms with Crippen LogP contribution < -0.4 is 0 Å². The van der Waals surface area contributed by atoms with Crippen molar-refractivity contribution in [1.82, 2.24) is 4.98 Å². The van der Waals surface area contributed by atoms with Gasteiger partial charge in [-0.05, 0) is 29.3 Å². The van der Waals surface area contributed by atoms with E-state index in [9.17, 15) is 5.11 Å². The number of aliphatic hydroxyl groups excluding tert-OH is 1. The molecule has 1 unspecified atom stereocenters. The van der Waals surface area contributed by atoms with Crippen molar-refractivity contribution in [3.05, 3.63) is 63.9 Å². The number of pyridine rings is 1. The van der Waals surface area contributed by atoms with Gasteiger partial charge in [-0.1, -0.05) is 35.3 Å². The molecule has 0 aliphatic rings. The number of nitrogens with zero attached hydrogens (tertiary/aromatic N) is 1. The molecule has 0 amide bonds. The van der Waals surface area contributed by atoms with Crippen LogP contribution in [0.1, 0.15) is 17.2 Å². The summed E-state index contributed by atoms with van der Waals surface area (Å²) < 4.78 is 0. The highest BCUT2D eigenvalue weighted by atomic mass is 35.5. The van der Waals surface area contributed by atoms with Crippen molar-refractivity contribution in [1.29, 1.82) is 0 Å². The highest BCUT2D eigenvalue weighted by molar-refractivity contribution is 6.35. The minimum atomic E-state index is -0.652. The molecule has 1 N–H and O–H groups in total. The van der Waals surface area contributed by atoms with E-state index in [1.807, 2.05) is 6.07 Å². The molecule has 1 atom stereocenters. The lowest BCUT2D eigenvalue weighted by molar-refractivity contribution is 0.178. The van der Waals surface area contributed by atoms with Crippen LogP contribution >= 0.6 is 23.2 Å². The Bertz CT molecular complexity index is 482. The molecule has 0 fully saturated rings. The van der Waals surface area contributed by atoms with Crippen LogP contribution in [-0.2, 0) is 6.42 Å². The van der Waals surface area contributed by atoms with Crippen LogP contribution in [0.2, 0.25) is 10.0 Å². The van der Waals surface area contributed by atoms with E-state index in [0.29, 0.717) is 16.5 Å². The quantitative estimate of drug-likeness (QED) is 0.921. The predicted octanol–water partition coefficient (Wildman–Crippen LogP) is 3.66. The molecule has 0 bridgehead atoms. The topological polar surface area (TPSA) is 33.1 Å². The maximum Gasteiger partial charge on any atom is 0.0846 e. The number of halogens is 2. The van der Waals surface area contributed by atoms with Gasteiger partial charge in [0.1, 0.15) is 0 Å². The molecule has 4 heteroatoms. The van der Waals surface area contributed by atoms with Crippen molar-refractivity contribution in [2.45, 2.75) is 12.5 Å². The number of hydrogen-bond donors (Lipinski definition) is 1. The molecule has 0 spiro atoms. The van der Waals surface area contributed by atoms with Gasteiger partial charge in [0.25, 0.3) is 0 Å². The van der Waals surface area contributed by atoms with Crippen molar-refractivity contribution < 1.29 is 5.11 Å². The number of aromatic nitrogens is 1. The van der Waals surface area contributed by atoms with Crippen LogP contribution in [0.5, 0.6) is 0 Å². The van der Waals surface area contributed by atoms with E-state index in [1.165, 1.54) is 0 Å². The maximum absolute atomic E-state index is 10.1. The summed E-state index contributed by atoms with van der Waals surface area (Å²) in [6.07, 6.45) is 3.03. The summed E-state index contributed by atoms with van der Waals surface area (Å²) in [5.41, 5.74) is 1.51. The van der Waals surface area contributed by atoms with Crippen molar-refractivity contribution in [2.24, 2.45) is 0 Å². The zero-order valence-electron chi connectivity index (χ0n) is 8.98. The zero-order chi connectivity index (χ0) is 12.3. The Kier molecular flexibility index (Phi) is 4.00. The molecule has 1 heterocycles. The molecule has 0 saturated heterocycles. The number of benzene rings is 1. The average Bonchev–Trinajstić information content (AvgIpc) is 2.35. The van der Waals surface area contributed by atoms with Crippen LogP contribution in [0.3, 0.4) is 0 Å². The van der Waals surface area contributed by atoms with Crippen LogP contribution in [-0.4, -0.2) is 10.1 Å². The van der Waals surface area contributed by atoms with E-state index in [0.717, 1.165) is 11.1 Å². The molecule has 1 aromatic heterocycles. The molecule has 1 aromatic carbocycles. The van der Waals surface area contributed by atoms with E-state index in [1.54, 1.807) is 36.7 Å². The Morgan fingerprint density at radius 2 is 1.82 bits per heavy atom. The third-order valence-corrected chi connectivity index (χ3v) is 3.24. The molecular weight excluding hydrogens is 257 g/mol. The van der Waals surface area contributed by atoms with Gasteiger partial charge < -0.3 is 5.11 Å². The Balaban J connectivity index is 2.22. The summed E-state index contributed by atoms with van der Waals surface area (Å²) in [4.78, 5) is 3.97. The van der Waals surface area contributed by atoms with Gasteiger partial charge in [0.05, 0.1) is 6.10 Å². The molecule has 88 valence electrons. The van der Waals surface area contributed by atoms with Crippen LogP contribution in [0, 0.1) is 0 Å². The fraction of sp³-hybridized carbons (Fsp3) is 0.154. The molecule has 17 heavy (non-hydrogen) atoms. The second-order valence-electron chi connectivity index (χ2n) is 3.71. The summed E-state index contributed by atoms with van der Waals surface area (Å²) in [7, 11) is 0. The molecular formula is C13H11Cl2NO. The van der Waals surface area contributed by atoms with Crippen molar-refractivity contribution in [2.75, 3.05) is 0 Å². The highest BCUT2D eigenvalue weighted by Gasteiger charge is 2.13. The van der Waals surface area contributed by atoms with Gasteiger partial charge in [-0.25, -0.2) is 0 Å². The van der Waals surface area contributed by atoms with E-state index in [4.69, 9.17) is 23.2 Å². The SMILES string of the molecule is OC(Cc1c(Cl)cccc1Cl)c1cccnc1. The Morgan fingerprint density at radius 1 is 1.12 bits per heavy atom. The summed E-state index contributed by atoms with van der Waals surface area (Å²) in [5, 5.41) is 11.2. The largest absolute Gasteiger partial charge is 0.388 e. The minimum absolute atomic E-state index is 0.379. The minimum Gasteiger partial charge on any atom is -0.388 e. The number of rotatable bonds is 3. The lowest BCUT2D eigenvalue weighted by atomic mass is 10.0. The fourth-order valence-corrected chi connectivity index (χ4v) is 2.16. The molecule has 0 saturated carbocycles. The Morgan fingerprint density at radius 3 is 2.41 bits per heavy atom. The van der Waals surface area contributed by atoms with E-state index in [-0.39, 0.29) is 0 Å². The van der Waals surface area contributed by atoms with Crippen molar-refractivity contribution >= 4 is 23.2 Å². The molecule has 2 aromatic rings. The van der Waals surface area contributed by atoms with E-state index in [2.05, 4.69) is 4.98 Å². The fourth-order valence-electron chi connectivity index (χ4n) is 1.61. The van der Waals surface area contributed by atoms with E-state index >= 15 is 0 Å². The lowest BCUT2D eigenvalue weighted by Gasteiger charge is -2.12. The first kappa shape index (κ1) is 12.4. The van der Waals surface area contributed by atoms with Crippen LogP contribution in [0.15, 0.2) is 42.7 Å². The monoisotopic (exact) mass is 267 g/mol.